The third-order valence-electron chi connectivity index (χ3n) is 2.80. The fraction of sp³-hybridized carbons (Fsp3) is 0.154. The van der Waals surface area contributed by atoms with Gasteiger partial charge < -0.3 is 9.09 Å². The highest BCUT2D eigenvalue weighted by molar-refractivity contribution is 5.53. The quantitative estimate of drug-likeness (QED) is 0.706. The maximum Gasteiger partial charge on any atom is 0.249 e. The van der Waals surface area contributed by atoms with Crippen LogP contribution in [0.3, 0.4) is 0 Å². The smallest absolute Gasteiger partial charge is 0.249 e. The summed E-state index contributed by atoms with van der Waals surface area (Å²) in [6.07, 6.45) is 5.33. The van der Waals surface area contributed by atoms with Crippen LogP contribution >= 0.6 is 0 Å². The zero-order valence-corrected chi connectivity index (χ0v) is 9.89. The summed E-state index contributed by atoms with van der Waals surface area (Å²) in [7, 11) is 0. The molecule has 1 atom stereocenters. The summed E-state index contributed by atoms with van der Waals surface area (Å²) in [5.74, 6) is 1.18. The molecular formula is C13H12N4O. The first-order valence-corrected chi connectivity index (χ1v) is 5.71. The van der Waals surface area contributed by atoms with Gasteiger partial charge >= 0.3 is 0 Å². The molecule has 3 aromatic rings. The Balaban J connectivity index is 1.90. The Morgan fingerprint density at radius 1 is 1.22 bits per heavy atom. The first-order valence-electron chi connectivity index (χ1n) is 5.71. The topological polar surface area (TPSA) is 56.7 Å². The number of benzene rings is 1. The van der Waals surface area contributed by atoms with Gasteiger partial charge in [0.2, 0.25) is 11.7 Å². The Morgan fingerprint density at radius 2 is 2.06 bits per heavy atom. The molecule has 0 saturated carbocycles. The lowest BCUT2D eigenvalue weighted by Crippen LogP contribution is -2.04. The summed E-state index contributed by atoms with van der Waals surface area (Å²) >= 11 is 0. The summed E-state index contributed by atoms with van der Waals surface area (Å²) < 4.78 is 7.21. The molecule has 0 aliphatic carbocycles. The molecule has 5 nitrogen and oxygen atoms in total. The van der Waals surface area contributed by atoms with Crippen molar-refractivity contribution in [3.05, 3.63) is 54.9 Å². The molecule has 0 radical (unpaired) electrons. The second-order valence-electron chi connectivity index (χ2n) is 4.01. The van der Waals surface area contributed by atoms with E-state index in [0.717, 1.165) is 5.56 Å². The third kappa shape index (κ3) is 1.90. The van der Waals surface area contributed by atoms with Crippen LogP contribution in [0.4, 0.5) is 0 Å². The Labute approximate surface area is 104 Å². The van der Waals surface area contributed by atoms with Crippen molar-refractivity contribution in [3.8, 4) is 11.4 Å². The maximum absolute atomic E-state index is 5.29. The molecule has 0 saturated heterocycles. The van der Waals surface area contributed by atoms with Gasteiger partial charge in [-0.2, -0.15) is 4.98 Å². The minimum atomic E-state index is -0.0162. The van der Waals surface area contributed by atoms with E-state index in [1.54, 1.807) is 12.5 Å². The predicted molar refractivity (Wildman–Crippen MR) is 65.8 cm³/mol. The second-order valence-corrected chi connectivity index (χ2v) is 4.01. The van der Waals surface area contributed by atoms with Gasteiger partial charge in [0, 0.05) is 18.0 Å². The van der Waals surface area contributed by atoms with E-state index in [9.17, 15) is 0 Å². The Kier molecular flexibility index (Phi) is 2.64. The number of hydrogen-bond acceptors (Lipinski definition) is 4. The highest BCUT2D eigenvalue weighted by Crippen LogP contribution is 2.20. The van der Waals surface area contributed by atoms with Crippen molar-refractivity contribution in [2.75, 3.05) is 0 Å². The fourth-order valence-corrected chi connectivity index (χ4v) is 1.74. The first kappa shape index (κ1) is 10.7. The molecule has 0 aliphatic rings. The SMILES string of the molecule is C[C@H](c1nc(-c2ccccc2)no1)n1ccnc1. The molecular weight excluding hydrogens is 228 g/mol. The number of aromatic nitrogens is 4. The molecule has 0 amide bonds. The monoisotopic (exact) mass is 240 g/mol. The van der Waals surface area contributed by atoms with Crippen LogP contribution in [0.25, 0.3) is 11.4 Å². The summed E-state index contributed by atoms with van der Waals surface area (Å²) in [4.78, 5) is 8.42. The van der Waals surface area contributed by atoms with E-state index >= 15 is 0 Å². The van der Waals surface area contributed by atoms with Crippen LogP contribution in [-0.2, 0) is 0 Å². The molecule has 0 aliphatic heterocycles. The van der Waals surface area contributed by atoms with Gasteiger partial charge in [0.15, 0.2) is 0 Å². The minimum Gasteiger partial charge on any atom is -0.337 e. The molecule has 0 bridgehead atoms. The van der Waals surface area contributed by atoms with Crippen LogP contribution in [0.1, 0.15) is 18.9 Å². The molecule has 5 heteroatoms. The van der Waals surface area contributed by atoms with Crippen LogP contribution in [0.5, 0.6) is 0 Å². The molecule has 0 unspecified atom stereocenters. The van der Waals surface area contributed by atoms with Crippen molar-refractivity contribution >= 4 is 0 Å². The van der Waals surface area contributed by atoms with E-state index in [-0.39, 0.29) is 6.04 Å². The van der Waals surface area contributed by atoms with E-state index in [2.05, 4.69) is 15.1 Å². The zero-order chi connectivity index (χ0) is 12.4. The molecule has 1 aromatic carbocycles. The van der Waals surface area contributed by atoms with Gasteiger partial charge in [-0.1, -0.05) is 35.5 Å². The normalized spacial score (nSPS) is 12.5. The standard InChI is InChI=1S/C13H12N4O/c1-10(17-8-7-14-9-17)13-15-12(16-18-13)11-5-3-2-4-6-11/h2-10H,1H3/t10-/m1/s1. The lowest BCUT2D eigenvalue weighted by molar-refractivity contribution is 0.345. The van der Waals surface area contributed by atoms with Crippen LogP contribution < -0.4 is 0 Å². The third-order valence-corrected chi connectivity index (χ3v) is 2.80. The fourth-order valence-electron chi connectivity index (χ4n) is 1.74. The Hall–Kier alpha value is -2.43. The number of hydrogen-bond donors (Lipinski definition) is 0. The van der Waals surface area contributed by atoms with Gasteiger partial charge in [-0.15, -0.1) is 0 Å². The van der Waals surface area contributed by atoms with E-state index in [4.69, 9.17) is 4.52 Å². The maximum atomic E-state index is 5.29. The number of nitrogens with zero attached hydrogens (tertiary/aromatic N) is 4. The van der Waals surface area contributed by atoms with E-state index < -0.39 is 0 Å². The molecule has 0 spiro atoms. The summed E-state index contributed by atoms with van der Waals surface area (Å²) in [5.41, 5.74) is 0.949. The summed E-state index contributed by atoms with van der Waals surface area (Å²) in [6.45, 7) is 1.99. The number of imidazole rings is 1. The highest BCUT2D eigenvalue weighted by Gasteiger charge is 2.15. The lowest BCUT2D eigenvalue weighted by Gasteiger charge is -2.06. The molecule has 18 heavy (non-hydrogen) atoms. The van der Waals surface area contributed by atoms with Gasteiger partial charge in [-0.3, -0.25) is 0 Å². The van der Waals surface area contributed by atoms with Crippen LogP contribution in [0, 0.1) is 0 Å². The molecule has 0 N–H and O–H groups in total. The first-order chi connectivity index (χ1) is 8.84. The van der Waals surface area contributed by atoms with Crippen LogP contribution in [0.15, 0.2) is 53.6 Å². The van der Waals surface area contributed by atoms with E-state index in [0.29, 0.717) is 11.7 Å². The number of rotatable bonds is 3. The van der Waals surface area contributed by atoms with Gasteiger partial charge in [0.1, 0.15) is 6.04 Å². The average Bonchev–Trinajstić information content (AvgIpc) is 3.10. The minimum absolute atomic E-state index is 0.0162. The van der Waals surface area contributed by atoms with E-state index in [1.165, 1.54) is 0 Å². The molecule has 0 fully saturated rings. The molecule has 2 aromatic heterocycles. The Morgan fingerprint density at radius 3 is 2.78 bits per heavy atom. The van der Waals surface area contributed by atoms with Crippen molar-refractivity contribution < 1.29 is 4.52 Å². The van der Waals surface area contributed by atoms with Crippen molar-refractivity contribution in [2.45, 2.75) is 13.0 Å². The summed E-state index contributed by atoms with van der Waals surface area (Å²) in [5, 5.41) is 4.00. The van der Waals surface area contributed by atoms with Crippen molar-refractivity contribution in [1.82, 2.24) is 19.7 Å². The molecule has 2 heterocycles. The largest absolute Gasteiger partial charge is 0.337 e. The van der Waals surface area contributed by atoms with Gasteiger partial charge in [0.25, 0.3) is 0 Å². The predicted octanol–water partition coefficient (Wildman–Crippen LogP) is 2.54. The lowest BCUT2D eigenvalue weighted by atomic mass is 10.2. The van der Waals surface area contributed by atoms with Gasteiger partial charge in [-0.25, -0.2) is 4.98 Å². The highest BCUT2D eigenvalue weighted by atomic mass is 16.5. The molecule has 3 rings (SSSR count). The average molecular weight is 240 g/mol. The van der Waals surface area contributed by atoms with Crippen molar-refractivity contribution in [3.63, 3.8) is 0 Å². The van der Waals surface area contributed by atoms with Crippen molar-refractivity contribution in [1.29, 1.82) is 0 Å². The van der Waals surface area contributed by atoms with Gasteiger partial charge in [-0.05, 0) is 6.92 Å². The zero-order valence-electron chi connectivity index (χ0n) is 9.89. The van der Waals surface area contributed by atoms with Crippen molar-refractivity contribution in [2.24, 2.45) is 0 Å². The van der Waals surface area contributed by atoms with Gasteiger partial charge in [0.05, 0.1) is 6.33 Å². The van der Waals surface area contributed by atoms with Crippen LogP contribution in [0.2, 0.25) is 0 Å². The summed E-state index contributed by atoms with van der Waals surface area (Å²) in [6, 6.07) is 9.75. The van der Waals surface area contributed by atoms with E-state index in [1.807, 2.05) is 48.0 Å². The van der Waals surface area contributed by atoms with Crippen LogP contribution in [-0.4, -0.2) is 19.7 Å². The second kappa shape index (κ2) is 4.44. The Bertz CT molecular complexity index is 616. The molecule has 90 valence electrons.